The van der Waals surface area contributed by atoms with Gasteiger partial charge >= 0.3 is 0 Å². The van der Waals surface area contributed by atoms with Crippen LogP contribution in [0.2, 0.25) is 0 Å². The van der Waals surface area contributed by atoms with Gasteiger partial charge in [-0.05, 0) is 38.2 Å². The van der Waals surface area contributed by atoms with Crippen molar-refractivity contribution in [2.24, 2.45) is 0 Å². The van der Waals surface area contributed by atoms with Gasteiger partial charge in [-0.25, -0.2) is 13.4 Å². The van der Waals surface area contributed by atoms with Crippen LogP contribution < -0.4 is 5.56 Å². The summed E-state index contributed by atoms with van der Waals surface area (Å²) in [5, 5.41) is 0. The van der Waals surface area contributed by atoms with Gasteiger partial charge in [-0.1, -0.05) is 30.3 Å². The first-order valence-electron chi connectivity index (χ1n) is 10.7. The summed E-state index contributed by atoms with van der Waals surface area (Å²) in [6.45, 7) is 2.87. The maximum absolute atomic E-state index is 13.4. The highest BCUT2D eigenvalue weighted by Crippen LogP contribution is 2.32. The minimum absolute atomic E-state index is 0.00836. The summed E-state index contributed by atoms with van der Waals surface area (Å²) in [5.41, 5.74) is 1.74. The third-order valence-corrected chi connectivity index (χ3v) is 7.55. The number of amides is 1. The Bertz CT molecular complexity index is 1130. The number of aromatic nitrogens is 2. The van der Waals surface area contributed by atoms with Gasteiger partial charge in [0.15, 0.2) is 0 Å². The fraction of sp³-hybridized carbons (Fsp3) is 0.500. The van der Waals surface area contributed by atoms with Gasteiger partial charge in [-0.2, -0.15) is 4.31 Å². The molecule has 2 aliphatic rings. The van der Waals surface area contributed by atoms with E-state index < -0.39 is 10.0 Å². The number of nitrogens with one attached hydrogen (secondary N) is 1. The molecule has 1 aromatic heterocycles. The number of sulfonamides is 1. The number of carbonyl (C=O) groups is 1. The Morgan fingerprint density at radius 3 is 2.65 bits per heavy atom. The van der Waals surface area contributed by atoms with Gasteiger partial charge in [0.05, 0.1) is 30.5 Å². The quantitative estimate of drug-likeness (QED) is 0.776. The normalized spacial score (nSPS) is 20.8. The number of rotatable bonds is 4. The van der Waals surface area contributed by atoms with E-state index in [0.29, 0.717) is 36.5 Å². The molecule has 1 N–H and O–H groups in total. The van der Waals surface area contributed by atoms with Gasteiger partial charge < -0.3 is 9.88 Å². The molecule has 1 amide bonds. The van der Waals surface area contributed by atoms with Crippen LogP contribution in [0, 0.1) is 0 Å². The number of benzene rings is 1. The van der Waals surface area contributed by atoms with Crippen LogP contribution in [0.5, 0.6) is 0 Å². The lowest BCUT2D eigenvalue weighted by Crippen LogP contribution is -2.43. The van der Waals surface area contributed by atoms with Crippen LogP contribution in [-0.4, -0.2) is 52.8 Å². The van der Waals surface area contributed by atoms with Gasteiger partial charge in [0, 0.05) is 18.7 Å². The Kier molecular flexibility index (Phi) is 5.98. The van der Waals surface area contributed by atoms with Crippen LogP contribution in [0.3, 0.4) is 0 Å². The van der Waals surface area contributed by atoms with E-state index in [4.69, 9.17) is 0 Å². The van der Waals surface area contributed by atoms with E-state index in [0.717, 1.165) is 18.4 Å². The fourth-order valence-electron chi connectivity index (χ4n) is 4.49. The summed E-state index contributed by atoms with van der Waals surface area (Å²) in [7, 11) is -3.37. The number of hydrogen-bond donors (Lipinski definition) is 1. The molecular weight excluding hydrogens is 416 g/mol. The van der Waals surface area contributed by atoms with E-state index in [1.807, 2.05) is 42.2 Å². The van der Waals surface area contributed by atoms with Crippen molar-refractivity contribution in [1.82, 2.24) is 19.2 Å². The van der Waals surface area contributed by atoms with E-state index in [1.54, 1.807) is 0 Å². The van der Waals surface area contributed by atoms with Crippen LogP contribution in [-0.2, 0) is 27.8 Å². The van der Waals surface area contributed by atoms with Gasteiger partial charge in [0.2, 0.25) is 15.9 Å². The number of piperidine rings is 1. The molecule has 0 unspecified atom stereocenters. The van der Waals surface area contributed by atoms with E-state index in [-0.39, 0.29) is 36.5 Å². The molecule has 1 aromatic carbocycles. The van der Waals surface area contributed by atoms with Crippen molar-refractivity contribution in [1.29, 1.82) is 0 Å². The number of likely N-dealkylation sites (tertiary alicyclic amines) is 1. The zero-order chi connectivity index (χ0) is 22.2. The van der Waals surface area contributed by atoms with Gasteiger partial charge in [-0.3, -0.25) is 9.59 Å². The monoisotopic (exact) mass is 444 g/mol. The maximum atomic E-state index is 13.4. The molecule has 0 aliphatic carbocycles. The summed E-state index contributed by atoms with van der Waals surface area (Å²) < 4.78 is 25.3. The zero-order valence-corrected chi connectivity index (χ0v) is 18.7. The molecule has 4 rings (SSSR count). The number of hydrogen-bond acceptors (Lipinski definition) is 5. The van der Waals surface area contributed by atoms with Crippen LogP contribution in [0.4, 0.5) is 0 Å². The molecule has 0 spiro atoms. The van der Waals surface area contributed by atoms with Crippen molar-refractivity contribution < 1.29 is 13.2 Å². The average molecular weight is 445 g/mol. The Labute approximate surface area is 182 Å². The first-order valence-corrected chi connectivity index (χ1v) is 12.5. The summed E-state index contributed by atoms with van der Waals surface area (Å²) in [6.07, 6.45) is 4.05. The van der Waals surface area contributed by atoms with E-state index >= 15 is 0 Å². The first-order chi connectivity index (χ1) is 14.8. The smallest absolute Gasteiger partial charge is 0.254 e. The highest BCUT2D eigenvalue weighted by atomic mass is 32.2. The second-order valence-corrected chi connectivity index (χ2v) is 10.4. The summed E-state index contributed by atoms with van der Waals surface area (Å²) in [6, 6.07) is 9.33. The van der Waals surface area contributed by atoms with Crippen molar-refractivity contribution >= 4 is 15.9 Å². The SMILES string of the molecule is C[C@@H](C(=O)N1CCCC[C@H]1c1nc2c(c(=O)[nH]1)CCN(S(C)(=O)=O)C2)c1ccccc1. The van der Waals surface area contributed by atoms with Crippen LogP contribution in [0.25, 0.3) is 0 Å². The number of H-pyrrole nitrogens is 1. The maximum Gasteiger partial charge on any atom is 0.254 e. The molecule has 8 nitrogen and oxygen atoms in total. The van der Waals surface area contributed by atoms with Gasteiger partial charge in [0.1, 0.15) is 5.82 Å². The lowest BCUT2D eigenvalue weighted by atomic mass is 9.95. The Morgan fingerprint density at radius 2 is 1.94 bits per heavy atom. The standard InChI is InChI=1S/C22H28N4O4S/c1-15(16-8-4-3-5-9-16)22(28)26-12-7-6-10-19(26)20-23-18-14-25(31(2,29)30)13-11-17(18)21(27)24-20/h3-5,8-9,15,19H,6-7,10-14H2,1-2H3,(H,23,24,27)/t15-,19+/m1/s1. The predicted octanol–water partition coefficient (Wildman–Crippen LogP) is 1.94. The molecule has 3 heterocycles. The molecule has 0 radical (unpaired) electrons. The third-order valence-electron chi connectivity index (χ3n) is 6.30. The Balaban J connectivity index is 1.65. The van der Waals surface area contributed by atoms with E-state index in [1.165, 1.54) is 10.6 Å². The molecule has 2 aromatic rings. The molecule has 1 saturated heterocycles. The highest BCUT2D eigenvalue weighted by molar-refractivity contribution is 7.88. The van der Waals surface area contributed by atoms with Crippen molar-refractivity contribution in [3.8, 4) is 0 Å². The molecule has 166 valence electrons. The minimum Gasteiger partial charge on any atom is -0.332 e. The lowest BCUT2D eigenvalue weighted by molar-refractivity contribution is -0.136. The van der Waals surface area contributed by atoms with Crippen molar-refractivity contribution in [3.05, 3.63) is 63.3 Å². The van der Waals surface area contributed by atoms with Crippen LogP contribution >= 0.6 is 0 Å². The highest BCUT2D eigenvalue weighted by Gasteiger charge is 2.34. The Morgan fingerprint density at radius 1 is 1.19 bits per heavy atom. The fourth-order valence-corrected chi connectivity index (χ4v) is 5.27. The zero-order valence-electron chi connectivity index (χ0n) is 17.9. The number of carbonyl (C=O) groups excluding carboxylic acids is 1. The molecule has 9 heteroatoms. The largest absolute Gasteiger partial charge is 0.332 e. The van der Waals surface area contributed by atoms with Gasteiger partial charge in [-0.15, -0.1) is 0 Å². The van der Waals surface area contributed by atoms with Crippen molar-refractivity contribution in [3.63, 3.8) is 0 Å². The number of aromatic amines is 1. The topological polar surface area (TPSA) is 103 Å². The summed E-state index contributed by atoms with van der Waals surface area (Å²) in [5.74, 6) is 0.160. The molecule has 2 aliphatic heterocycles. The minimum atomic E-state index is -3.37. The van der Waals surface area contributed by atoms with Crippen molar-refractivity contribution in [2.75, 3.05) is 19.3 Å². The summed E-state index contributed by atoms with van der Waals surface area (Å²) >= 11 is 0. The number of fused-ring (bicyclic) bond motifs is 1. The first kappa shape index (κ1) is 21.7. The molecular formula is C22H28N4O4S. The average Bonchev–Trinajstić information content (AvgIpc) is 2.77. The molecule has 0 saturated carbocycles. The van der Waals surface area contributed by atoms with Crippen LogP contribution in [0.15, 0.2) is 35.1 Å². The van der Waals surface area contributed by atoms with E-state index in [9.17, 15) is 18.0 Å². The van der Waals surface area contributed by atoms with Crippen molar-refractivity contribution in [2.45, 2.75) is 51.1 Å². The molecule has 1 fully saturated rings. The second kappa shape index (κ2) is 8.55. The van der Waals surface area contributed by atoms with E-state index in [2.05, 4.69) is 9.97 Å². The predicted molar refractivity (Wildman–Crippen MR) is 117 cm³/mol. The third kappa shape index (κ3) is 4.43. The molecule has 0 bridgehead atoms. The van der Waals surface area contributed by atoms with Crippen LogP contribution in [0.1, 0.15) is 60.8 Å². The lowest BCUT2D eigenvalue weighted by Gasteiger charge is -2.37. The molecule has 31 heavy (non-hydrogen) atoms. The number of nitrogens with zero attached hydrogens (tertiary/aromatic N) is 3. The summed E-state index contributed by atoms with van der Waals surface area (Å²) in [4.78, 5) is 35.5. The Hall–Kier alpha value is -2.52. The second-order valence-electron chi connectivity index (χ2n) is 8.40. The van der Waals surface area contributed by atoms with Gasteiger partial charge in [0.25, 0.3) is 5.56 Å². The molecule has 2 atom stereocenters.